The molecule has 4 rings (SSSR count). The lowest BCUT2D eigenvalue weighted by atomic mass is 10.3. The van der Waals surface area contributed by atoms with Crippen LogP contribution >= 0.6 is 0 Å². The van der Waals surface area contributed by atoms with E-state index < -0.39 is 20.6 Å². The minimum atomic E-state index is -3.98. The number of nitrogens with zero attached hydrogens (tertiary/aromatic N) is 4. The van der Waals surface area contributed by atoms with E-state index in [9.17, 15) is 18.5 Å². The summed E-state index contributed by atoms with van der Waals surface area (Å²) >= 11 is 0. The molecule has 0 amide bonds. The highest BCUT2D eigenvalue weighted by Crippen LogP contribution is 2.29. The Hall–Kier alpha value is -2.78. The SMILES string of the molecule is O=[N+]([O-])c1ccccc1S(=O)(=O)N1CCn2c(nc3ccccc32)C1. The van der Waals surface area contributed by atoms with Gasteiger partial charge in [0.25, 0.3) is 5.69 Å². The summed E-state index contributed by atoms with van der Waals surface area (Å²) in [5, 5.41) is 11.2. The molecule has 1 aliphatic heterocycles. The monoisotopic (exact) mass is 358 g/mol. The van der Waals surface area contributed by atoms with E-state index in [1.807, 2.05) is 28.8 Å². The number of aromatic nitrogens is 2. The van der Waals surface area contributed by atoms with E-state index in [1.54, 1.807) is 0 Å². The second kappa shape index (κ2) is 5.64. The van der Waals surface area contributed by atoms with Crippen molar-refractivity contribution in [3.8, 4) is 0 Å². The Morgan fingerprint density at radius 1 is 1.04 bits per heavy atom. The number of nitro benzene ring substituents is 1. The number of hydrogen-bond donors (Lipinski definition) is 0. The molecule has 0 fully saturated rings. The van der Waals surface area contributed by atoms with Crippen LogP contribution in [0.3, 0.4) is 0 Å². The van der Waals surface area contributed by atoms with E-state index in [4.69, 9.17) is 0 Å². The number of hydrogen-bond acceptors (Lipinski definition) is 5. The molecular formula is C16H14N4O4S. The largest absolute Gasteiger partial charge is 0.326 e. The first-order valence-corrected chi connectivity index (χ1v) is 9.10. The highest BCUT2D eigenvalue weighted by Gasteiger charge is 2.34. The van der Waals surface area contributed by atoms with E-state index >= 15 is 0 Å². The zero-order valence-electron chi connectivity index (χ0n) is 13.1. The Bertz CT molecular complexity index is 1090. The summed E-state index contributed by atoms with van der Waals surface area (Å²) in [7, 11) is -3.98. The van der Waals surface area contributed by atoms with Crippen LogP contribution in [0, 0.1) is 10.1 Å². The maximum absolute atomic E-state index is 12.9. The van der Waals surface area contributed by atoms with Gasteiger partial charge in [-0.05, 0) is 18.2 Å². The Labute approximate surface area is 143 Å². The van der Waals surface area contributed by atoms with Gasteiger partial charge in [0.05, 0.1) is 22.5 Å². The van der Waals surface area contributed by atoms with Crippen LogP contribution in [-0.2, 0) is 23.1 Å². The van der Waals surface area contributed by atoms with Gasteiger partial charge >= 0.3 is 0 Å². The molecule has 0 N–H and O–H groups in total. The minimum absolute atomic E-state index is 0.0864. The summed E-state index contributed by atoms with van der Waals surface area (Å²) in [6, 6.07) is 13.0. The number of para-hydroxylation sites is 3. The molecule has 0 aliphatic carbocycles. The van der Waals surface area contributed by atoms with Crippen molar-refractivity contribution in [3.05, 3.63) is 64.5 Å². The van der Waals surface area contributed by atoms with Crippen molar-refractivity contribution >= 4 is 26.7 Å². The predicted octanol–water partition coefficient (Wildman–Crippen LogP) is 2.15. The number of rotatable bonds is 3. The standard InChI is InChI=1S/C16H14N4O4S/c21-20(22)14-7-3-4-8-15(14)25(23,24)18-9-10-19-13-6-2-1-5-12(13)17-16(19)11-18/h1-8H,9-11H2. The van der Waals surface area contributed by atoms with Crippen molar-refractivity contribution in [1.82, 2.24) is 13.9 Å². The molecule has 0 saturated carbocycles. The number of nitro groups is 1. The maximum atomic E-state index is 12.9. The third kappa shape index (κ3) is 2.48. The topological polar surface area (TPSA) is 98.3 Å². The zero-order chi connectivity index (χ0) is 17.6. The molecule has 0 unspecified atom stereocenters. The zero-order valence-corrected chi connectivity index (χ0v) is 13.9. The van der Waals surface area contributed by atoms with E-state index in [2.05, 4.69) is 4.98 Å². The van der Waals surface area contributed by atoms with Crippen LogP contribution in [-0.4, -0.2) is 33.7 Å². The molecule has 25 heavy (non-hydrogen) atoms. The summed E-state index contributed by atoms with van der Waals surface area (Å²) in [5.41, 5.74) is 1.35. The van der Waals surface area contributed by atoms with E-state index in [-0.39, 0.29) is 18.0 Å². The molecule has 0 bridgehead atoms. The van der Waals surface area contributed by atoms with Crippen molar-refractivity contribution in [2.45, 2.75) is 18.0 Å². The van der Waals surface area contributed by atoms with Crippen LogP contribution in [0.5, 0.6) is 0 Å². The average molecular weight is 358 g/mol. The predicted molar refractivity (Wildman–Crippen MR) is 90.4 cm³/mol. The Balaban J connectivity index is 1.75. The first-order valence-electron chi connectivity index (χ1n) is 7.66. The van der Waals surface area contributed by atoms with Crippen LogP contribution in [0.4, 0.5) is 5.69 Å². The number of imidazole rings is 1. The fourth-order valence-corrected chi connectivity index (χ4v) is 4.66. The van der Waals surface area contributed by atoms with Gasteiger partial charge in [-0.1, -0.05) is 24.3 Å². The molecule has 2 heterocycles. The molecule has 9 heteroatoms. The van der Waals surface area contributed by atoms with Crippen molar-refractivity contribution in [3.63, 3.8) is 0 Å². The van der Waals surface area contributed by atoms with Gasteiger partial charge in [-0.15, -0.1) is 0 Å². The van der Waals surface area contributed by atoms with Crippen LogP contribution in [0.1, 0.15) is 5.82 Å². The summed E-state index contributed by atoms with van der Waals surface area (Å²) in [6.07, 6.45) is 0. The molecule has 8 nitrogen and oxygen atoms in total. The second-order valence-corrected chi connectivity index (χ2v) is 7.64. The van der Waals surface area contributed by atoms with E-state index in [1.165, 1.54) is 28.6 Å². The van der Waals surface area contributed by atoms with Gasteiger partial charge in [0.15, 0.2) is 4.90 Å². The smallest absolute Gasteiger partial charge is 0.289 e. The van der Waals surface area contributed by atoms with Gasteiger partial charge in [-0.2, -0.15) is 4.31 Å². The van der Waals surface area contributed by atoms with Crippen LogP contribution in [0.2, 0.25) is 0 Å². The number of sulfonamides is 1. The summed E-state index contributed by atoms with van der Waals surface area (Å²) in [5.74, 6) is 0.634. The van der Waals surface area contributed by atoms with Gasteiger partial charge < -0.3 is 4.57 Å². The van der Waals surface area contributed by atoms with Crippen molar-refractivity contribution in [1.29, 1.82) is 0 Å². The van der Waals surface area contributed by atoms with Crippen LogP contribution < -0.4 is 0 Å². The van der Waals surface area contributed by atoms with Gasteiger partial charge in [-0.25, -0.2) is 13.4 Å². The van der Waals surface area contributed by atoms with Crippen LogP contribution in [0.15, 0.2) is 53.4 Å². The van der Waals surface area contributed by atoms with Gasteiger partial charge in [0.1, 0.15) is 5.82 Å². The molecule has 0 spiro atoms. The lowest BCUT2D eigenvalue weighted by Gasteiger charge is -2.27. The second-order valence-electron chi connectivity index (χ2n) is 5.73. The number of fused-ring (bicyclic) bond motifs is 3. The van der Waals surface area contributed by atoms with Gasteiger partial charge in [0, 0.05) is 19.2 Å². The number of benzene rings is 2. The minimum Gasteiger partial charge on any atom is -0.326 e. The Kier molecular flexibility index (Phi) is 3.55. The molecule has 1 aliphatic rings. The van der Waals surface area contributed by atoms with Gasteiger partial charge in [0.2, 0.25) is 10.0 Å². The van der Waals surface area contributed by atoms with Crippen molar-refractivity contribution < 1.29 is 13.3 Å². The quantitative estimate of drug-likeness (QED) is 0.528. The lowest BCUT2D eigenvalue weighted by Crippen LogP contribution is -2.38. The van der Waals surface area contributed by atoms with Crippen molar-refractivity contribution in [2.24, 2.45) is 0 Å². The third-order valence-electron chi connectivity index (χ3n) is 4.30. The fraction of sp³-hybridized carbons (Fsp3) is 0.188. The molecular weight excluding hydrogens is 344 g/mol. The van der Waals surface area contributed by atoms with Crippen molar-refractivity contribution in [2.75, 3.05) is 6.54 Å². The lowest BCUT2D eigenvalue weighted by molar-refractivity contribution is -0.387. The Morgan fingerprint density at radius 3 is 2.56 bits per heavy atom. The highest BCUT2D eigenvalue weighted by atomic mass is 32.2. The molecule has 3 aromatic rings. The third-order valence-corrected chi connectivity index (χ3v) is 6.20. The first-order chi connectivity index (χ1) is 12.0. The normalized spacial score (nSPS) is 15.2. The molecule has 1 aromatic heterocycles. The molecule has 2 aromatic carbocycles. The molecule has 0 atom stereocenters. The molecule has 0 saturated heterocycles. The fourth-order valence-electron chi connectivity index (χ4n) is 3.11. The maximum Gasteiger partial charge on any atom is 0.289 e. The Morgan fingerprint density at radius 2 is 1.76 bits per heavy atom. The van der Waals surface area contributed by atoms with Gasteiger partial charge in [-0.3, -0.25) is 10.1 Å². The molecule has 0 radical (unpaired) electrons. The highest BCUT2D eigenvalue weighted by molar-refractivity contribution is 7.89. The van der Waals surface area contributed by atoms with E-state index in [0.717, 1.165) is 11.0 Å². The molecule has 128 valence electrons. The summed E-state index contributed by atoms with van der Waals surface area (Å²) < 4.78 is 29.1. The average Bonchev–Trinajstić information content (AvgIpc) is 2.99. The van der Waals surface area contributed by atoms with E-state index in [0.29, 0.717) is 12.4 Å². The first kappa shape index (κ1) is 15.7. The van der Waals surface area contributed by atoms with Crippen LogP contribution in [0.25, 0.3) is 11.0 Å². The summed E-state index contributed by atoms with van der Waals surface area (Å²) in [6.45, 7) is 0.778. The summed E-state index contributed by atoms with van der Waals surface area (Å²) in [4.78, 5) is 14.7.